The van der Waals surface area contributed by atoms with Crippen LogP contribution in [-0.4, -0.2) is 33.4 Å². The van der Waals surface area contributed by atoms with Crippen molar-refractivity contribution in [1.82, 2.24) is 14.5 Å². The van der Waals surface area contributed by atoms with Gasteiger partial charge in [-0.3, -0.25) is 14.2 Å². The molecule has 22 heavy (non-hydrogen) atoms. The molecule has 0 saturated carbocycles. The molecule has 1 amide bonds. The van der Waals surface area contributed by atoms with Gasteiger partial charge in [0.1, 0.15) is 6.54 Å². The first-order valence-corrected chi connectivity index (χ1v) is 7.96. The number of H-pyrrole nitrogens is 1. The van der Waals surface area contributed by atoms with Crippen LogP contribution in [0.4, 0.5) is 0 Å². The minimum Gasteiger partial charge on any atom is -0.341 e. The van der Waals surface area contributed by atoms with Gasteiger partial charge in [-0.15, -0.1) is 0 Å². The van der Waals surface area contributed by atoms with Crippen molar-refractivity contribution in [2.24, 2.45) is 5.92 Å². The Morgan fingerprint density at radius 1 is 1.41 bits per heavy atom. The van der Waals surface area contributed by atoms with Crippen molar-refractivity contribution in [3.8, 4) is 0 Å². The largest absolute Gasteiger partial charge is 0.341 e. The molecule has 1 aromatic carbocycles. The predicted molar refractivity (Wildman–Crippen MR) is 88.4 cm³/mol. The van der Waals surface area contributed by atoms with Crippen LogP contribution in [0.25, 0.3) is 10.9 Å². The van der Waals surface area contributed by atoms with Gasteiger partial charge in [-0.2, -0.15) is 0 Å². The molecule has 1 atom stereocenters. The lowest BCUT2D eigenvalue weighted by molar-refractivity contribution is -0.133. The van der Waals surface area contributed by atoms with Gasteiger partial charge in [0.2, 0.25) is 5.91 Å². The number of rotatable bonds is 2. The van der Waals surface area contributed by atoms with Crippen LogP contribution in [-0.2, 0) is 11.3 Å². The second-order valence-corrected chi connectivity index (χ2v) is 6.34. The van der Waals surface area contributed by atoms with Crippen molar-refractivity contribution in [2.45, 2.75) is 26.3 Å². The summed E-state index contributed by atoms with van der Waals surface area (Å²) in [6, 6.07) is 7.20. The molecular weight excluding hydrogens is 298 g/mol. The summed E-state index contributed by atoms with van der Waals surface area (Å²) in [7, 11) is 0. The molecule has 3 rings (SSSR count). The van der Waals surface area contributed by atoms with Gasteiger partial charge in [0.15, 0.2) is 4.77 Å². The Labute approximate surface area is 133 Å². The highest BCUT2D eigenvalue weighted by Crippen LogP contribution is 2.15. The maximum Gasteiger partial charge on any atom is 0.262 e. The fourth-order valence-corrected chi connectivity index (χ4v) is 3.25. The van der Waals surface area contributed by atoms with Crippen LogP contribution in [0.2, 0.25) is 0 Å². The highest BCUT2D eigenvalue weighted by molar-refractivity contribution is 7.71. The number of para-hydroxylation sites is 1. The summed E-state index contributed by atoms with van der Waals surface area (Å²) in [4.78, 5) is 29.9. The third kappa shape index (κ3) is 2.83. The van der Waals surface area contributed by atoms with Crippen molar-refractivity contribution in [1.29, 1.82) is 0 Å². The van der Waals surface area contributed by atoms with E-state index in [9.17, 15) is 9.59 Å². The molecule has 6 heteroatoms. The summed E-state index contributed by atoms with van der Waals surface area (Å²) in [5, 5.41) is 0.552. The molecule has 1 aromatic heterocycles. The normalized spacial score (nSPS) is 18.6. The average Bonchev–Trinajstić information content (AvgIpc) is 2.51. The Morgan fingerprint density at radius 2 is 2.18 bits per heavy atom. The smallest absolute Gasteiger partial charge is 0.262 e. The van der Waals surface area contributed by atoms with E-state index in [2.05, 4.69) is 11.9 Å². The number of aromatic nitrogens is 2. The molecule has 116 valence electrons. The Kier molecular flexibility index (Phi) is 4.11. The Balaban J connectivity index is 1.92. The minimum atomic E-state index is -0.210. The summed E-state index contributed by atoms with van der Waals surface area (Å²) < 4.78 is 1.65. The molecule has 0 aliphatic carbocycles. The van der Waals surface area contributed by atoms with E-state index in [0.29, 0.717) is 21.6 Å². The monoisotopic (exact) mass is 317 g/mol. The summed E-state index contributed by atoms with van der Waals surface area (Å²) in [6.07, 6.45) is 2.17. The zero-order valence-electron chi connectivity index (χ0n) is 12.5. The summed E-state index contributed by atoms with van der Waals surface area (Å²) >= 11 is 5.25. The third-order valence-corrected chi connectivity index (χ3v) is 4.51. The molecule has 5 nitrogen and oxygen atoms in total. The quantitative estimate of drug-likeness (QED) is 0.865. The van der Waals surface area contributed by atoms with E-state index in [4.69, 9.17) is 12.2 Å². The van der Waals surface area contributed by atoms with Crippen LogP contribution >= 0.6 is 12.2 Å². The number of benzene rings is 1. The minimum absolute atomic E-state index is 0.00568. The highest BCUT2D eigenvalue weighted by atomic mass is 32.1. The zero-order valence-corrected chi connectivity index (χ0v) is 13.4. The number of fused-ring (bicyclic) bond motifs is 1. The van der Waals surface area contributed by atoms with Gasteiger partial charge in [-0.25, -0.2) is 0 Å². The molecule has 1 aliphatic heterocycles. The molecule has 0 bridgehead atoms. The van der Waals surface area contributed by atoms with Gasteiger partial charge in [-0.1, -0.05) is 19.1 Å². The second-order valence-electron chi connectivity index (χ2n) is 5.95. The van der Waals surface area contributed by atoms with E-state index in [0.717, 1.165) is 25.9 Å². The van der Waals surface area contributed by atoms with Crippen LogP contribution in [0.1, 0.15) is 19.8 Å². The van der Waals surface area contributed by atoms with E-state index in [1.807, 2.05) is 17.0 Å². The number of nitrogens with one attached hydrogen (secondary N) is 1. The molecule has 0 unspecified atom stereocenters. The maximum absolute atomic E-state index is 12.5. The lowest BCUT2D eigenvalue weighted by Crippen LogP contribution is -2.42. The maximum atomic E-state index is 12.5. The first-order valence-electron chi connectivity index (χ1n) is 7.56. The number of hydrogen-bond acceptors (Lipinski definition) is 3. The summed E-state index contributed by atoms with van der Waals surface area (Å²) in [6.45, 7) is 3.68. The van der Waals surface area contributed by atoms with Gasteiger partial charge >= 0.3 is 0 Å². The Hall–Kier alpha value is -1.95. The number of piperidine rings is 1. The number of amides is 1. The number of carbonyl (C=O) groups is 1. The topological polar surface area (TPSA) is 58.1 Å². The number of carbonyl (C=O) groups excluding carboxylic acids is 1. The fourth-order valence-electron chi connectivity index (χ4n) is 2.99. The Bertz CT molecular complexity index is 824. The third-order valence-electron chi connectivity index (χ3n) is 4.19. The lowest BCUT2D eigenvalue weighted by atomic mass is 10.0. The molecule has 0 spiro atoms. The summed E-state index contributed by atoms with van der Waals surface area (Å²) in [5.41, 5.74) is 0.491. The highest BCUT2D eigenvalue weighted by Gasteiger charge is 2.21. The van der Waals surface area contributed by atoms with Gasteiger partial charge < -0.3 is 9.88 Å². The number of likely N-dealkylation sites (tertiary alicyclic amines) is 1. The first-order chi connectivity index (χ1) is 10.6. The average molecular weight is 317 g/mol. The van der Waals surface area contributed by atoms with Gasteiger partial charge in [0.25, 0.3) is 5.56 Å². The van der Waals surface area contributed by atoms with Crippen LogP contribution in [0.5, 0.6) is 0 Å². The number of aromatic amines is 1. The molecule has 1 N–H and O–H groups in total. The molecule has 1 aliphatic rings. The van der Waals surface area contributed by atoms with E-state index < -0.39 is 0 Å². The molecule has 2 aromatic rings. The molecule has 2 heterocycles. The first kappa shape index (κ1) is 15.0. The lowest BCUT2D eigenvalue weighted by Gasteiger charge is -2.31. The van der Waals surface area contributed by atoms with Crippen molar-refractivity contribution in [3.05, 3.63) is 39.4 Å². The standard InChI is InChI=1S/C16H19N3O2S/c1-11-5-4-8-18(9-11)14(20)10-19-15(21)12-6-2-3-7-13(12)17-16(19)22/h2-3,6-7,11H,4-5,8-10H2,1H3,(H,17,22)/t11-/m0/s1. The predicted octanol–water partition coefficient (Wildman–Crippen LogP) is 2.32. The molecule has 1 fully saturated rings. The van der Waals surface area contributed by atoms with E-state index >= 15 is 0 Å². The van der Waals surface area contributed by atoms with Crippen molar-refractivity contribution < 1.29 is 4.79 Å². The second kappa shape index (κ2) is 6.04. The number of hydrogen-bond donors (Lipinski definition) is 1. The van der Waals surface area contributed by atoms with E-state index in [1.54, 1.807) is 12.1 Å². The zero-order chi connectivity index (χ0) is 15.7. The van der Waals surface area contributed by atoms with Crippen LogP contribution in [0.3, 0.4) is 0 Å². The molecular formula is C16H19N3O2S. The molecule has 1 saturated heterocycles. The van der Waals surface area contributed by atoms with E-state index in [-0.39, 0.29) is 18.0 Å². The van der Waals surface area contributed by atoms with Gasteiger partial charge in [0.05, 0.1) is 10.9 Å². The summed E-state index contributed by atoms with van der Waals surface area (Å²) in [5.74, 6) is 0.476. The Morgan fingerprint density at radius 3 is 2.95 bits per heavy atom. The van der Waals surface area contributed by atoms with Crippen LogP contribution in [0.15, 0.2) is 29.1 Å². The molecule has 0 radical (unpaired) electrons. The van der Waals surface area contributed by atoms with Gasteiger partial charge in [0, 0.05) is 13.1 Å². The van der Waals surface area contributed by atoms with Crippen molar-refractivity contribution >= 4 is 29.0 Å². The van der Waals surface area contributed by atoms with Crippen molar-refractivity contribution in [3.63, 3.8) is 0 Å². The van der Waals surface area contributed by atoms with Crippen LogP contribution in [0, 0.1) is 10.7 Å². The number of nitrogens with zero attached hydrogens (tertiary/aromatic N) is 2. The SMILES string of the molecule is C[C@H]1CCCN(C(=O)Cn2c(=S)[nH]c3ccccc3c2=O)C1. The fraction of sp³-hybridized carbons (Fsp3) is 0.438. The van der Waals surface area contributed by atoms with Crippen LogP contribution < -0.4 is 5.56 Å². The van der Waals surface area contributed by atoms with E-state index in [1.165, 1.54) is 4.57 Å². The van der Waals surface area contributed by atoms with Gasteiger partial charge in [-0.05, 0) is 43.1 Å². The van der Waals surface area contributed by atoms with Crippen molar-refractivity contribution in [2.75, 3.05) is 13.1 Å².